The second-order valence-electron chi connectivity index (χ2n) is 5.31. The molecule has 1 fully saturated rings. The number of hydrogen-bond donors (Lipinski definition) is 0. The predicted molar refractivity (Wildman–Crippen MR) is 61.7 cm³/mol. The molecule has 0 aromatic heterocycles. The van der Waals surface area contributed by atoms with Crippen LogP contribution in [0.1, 0.15) is 66.2 Å². The summed E-state index contributed by atoms with van der Waals surface area (Å²) < 4.78 is 5.71. The van der Waals surface area contributed by atoms with Crippen molar-refractivity contribution in [3.63, 3.8) is 0 Å². The van der Waals surface area contributed by atoms with Gasteiger partial charge in [-0.05, 0) is 52.4 Å². The predicted octanol–water partition coefficient (Wildman–Crippen LogP) is 3.69. The highest BCUT2D eigenvalue weighted by Gasteiger charge is 2.38. The number of hydrogen-bond acceptors (Lipinski definition) is 2. The molecule has 1 rings (SSSR count). The summed E-state index contributed by atoms with van der Waals surface area (Å²) in [4.78, 5) is 12.1. The number of rotatable bonds is 4. The van der Waals surface area contributed by atoms with Crippen molar-refractivity contribution in [2.75, 3.05) is 0 Å². The van der Waals surface area contributed by atoms with Crippen molar-refractivity contribution in [2.24, 2.45) is 5.41 Å². The first-order valence-electron chi connectivity index (χ1n) is 6.19. The highest BCUT2D eigenvalue weighted by Crippen LogP contribution is 2.36. The minimum Gasteiger partial charge on any atom is -0.459 e. The van der Waals surface area contributed by atoms with Crippen molar-refractivity contribution in [3.8, 4) is 0 Å². The molecule has 2 heteroatoms. The van der Waals surface area contributed by atoms with Crippen LogP contribution in [0.4, 0.5) is 0 Å². The molecule has 1 saturated carbocycles. The lowest BCUT2D eigenvalue weighted by atomic mass is 9.84. The molecule has 1 aliphatic carbocycles. The Bertz CT molecular complexity index is 223. The average molecular weight is 212 g/mol. The van der Waals surface area contributed by atoms with Gasteiger partial charge >= 0.3 is 5.97 Å². The molecule has 0 aromatic carbocycles. The third kappa shape index (κ3) is 2.73. The van der Waals surface area contributed by atoms with Crippen LogP contribution >= 0.6 is 0 Å². The van der Waals surface area contributed by atoms with E-state index < -0.39 is 0 Å². The van der Waals surface area contributed by atoms with E-state index in [0.717, 1.165) is 25.7 Å². The van der Waals surface area contributed by atoms with Gasteiger partial charge in [0.1, 0.15) is 5.60 Å². The Morgan fingerprint density at radius 1 is 1.27 bits per heavy atom. The minimum absolute atomic E-state index is 0.00287. The average Bonchev–Trinajstić information content (AvgIpc) is 2.63. The molecule has 15 heavy (non-hydrogen) atoms. The van der Waals surface area contributed by atoms with Crippen LogP contribution in [0.15, 0.2) is 0 Å². The monoisotopic (exact) mass is 212 g/mol. The van der Waals surface area contributed by atoms with Crippen LogP contribution < -0.4 is 0 Å². The summed E-state index contributed by atoms with van der Waals surface area (Å²) in [5.74, 6) is -0.00287. The van der Waals surface area contributed by atoms with Gasteiger partial charge in [0.05, 0.1) is 5.41 Å². The highest BCUT2D eigenvalue weighted by molar-refractivity contribution is 5.76. The number of esters is 1. The lowest BCUT2D eigenvalue weighted by Crippen LogP contribution is -2.36. The number of ether oxygens (including phenoxy) is 1. The summed E-state index contributed by atoms with van der Waals surface area (Å²) in [6.07, 6.45) is 6.17. The topological polar surface area (TPSA) is 26.3 Å². The smallest absolute Gasteiger partial charge is 0.312 e. The molecule has 0 unspecified atom stereocenters. The SMILES string of the molecule is CCC(C)(CC)C(=O)OC1(C)CCCC1. The van der Waals surface area contributed by atoms with Crippen LogP contribution in [-0.4, -0.2) is 11.6 Å². The molecule has 0 radical (unpaired) electrons. The summed E-state index contributed by atoms with van der Waals surface area (Å²) in [7, 11) is 0. The Balaban J connectivity index is 2.61. The lowest BCUT2D eigenvalue weighted by Gasteiger charge is -2.31. The minimum atomic E-state index is -0.286. The van der Waals surface area contributed by atoms with Gasteiger partial charge in [0, 0.05) is 0 Å². The van der Waals surface area contributed by atoms with E-state index in [-0.39, 0.29) is 17.0 Å². The van der Waals surface area contributed by atoms with Crippen LogP contribution in [0, 0.1) is 5.41 Å². The van der Waals surface area contributed by atoms with Crippen LogP contribution in [0.2, 0.25) is 0 Å². The molecule has 0 atom stereocenters. The Labute approximate surface area is 93.4 Å². The van der Waals surface area contributed by atoms with Crippen molar-refractivity contribution in [1.29, 1.82) is 0 Å². The molecule has 88 valence electrons. The summed E-state index contributed by atoms with van der Waals surface area (Å²) >= 11 is 0. The second kappa shape index (κ2) is 4.54. The molecule has 1 aliphatic rings. The zero-order valence-corrected chi connectivity index (χ0v) is 10.6. The summed E-state index contributed by atoms with van der Waals surface area (Å²) in [5.41, 5.74) is -0.464. The third-order valence-corrected chi connectivity index (χ3v) is 4.05. The highest BCUT2D eigenvalue weighted by atomic mass is 16.6. The van der Waals surface area contributed by atoms with Gasteiger partial charge in [-0.2, -0.15) is 0 Å². The molecule has 0 aliphatic heterocycles. The normalized spacial score (nSPS) is 20.3. The summed E-state index contributed by atoms with van der Waals surface area (Å²) in [6, 6.07) is 0. The van der Waals surface area contributed by atoms with Gasteiger partial charge < -0.3 is 4.74 Å². The van der Waals surface area contributed by atoms with E-state index in [4.69, 9.17) is 4.74 Å². The van der Waals surface area contributed by atoms with Gasteiger partial charge in [0.25, 0.3) is 0 Å². The molecular weight excluding hydrogens is 188 g/mol. The van der Waals surface area contributed by atoms with E-state index in [0.29, 0.717) is 0 Å². The molecule has 2 nitrogen and oxygen atoms in total. The van der Waals surface area contributed by atoms with Gasteiger partial charge in [-0.15, -0.1) is 0 Å². The van der Waals surface area contributed by atoms with E-state index in [9.17, 15) is 4.79 Å². The van der Waals surface area contributed by atoms with E-state index in [1.807, 2.05) is 6.92 Å². The van der Waals surface area contributed by atoms with Crippen LogP contribution in [0.25, 0.3) is 0 Å². The summed E-state index contributed by atoms with van der Waals surface area (Å²) in [5, 5.41) is 0. The Kier molecular flexibility index (Phi) is 3.80. The van der Waals surface area contributed by atoms with Crippen LogP contribution in [0.3, 0.4) is 0 Å². The molecule has 0 bridgehead atoms. The molecule has 0 amide bonds. The molecule has 0 aromatic rings. The number of carbonyl (C=O) groups excluding carboxylic acids is 1. The zero-order chi connectivity index (χ0) is 11.5. The second-order valence-corrected chi connectivity index (χ2v) is 5.31. The van der Waals surface area contributed by atoms with E-state index in [2.05, 4.69) is 20.8 Å². The van der Waals surface area contributed by atoms with Gasteiger partial charge in [-0.3, -0.25) is 4.79 Å². The standard InChI is InChI=1S/C13H24O2/c1-5-12(3,6-2)11(14)15-13(4)9-7-8-10-13/h5-10H2,1-4H3. The van der Waals surface area contributed by atoms with Gasteiger partial charge in [0.15, 0.2) is 0 Å². The van der Waals surface area contributed by atoms with E-state index in [1.54, 1.807) is 0 Å². The fourth-order valence-corrected chi connectivity index (χ4v) is 2.11. The molecule has 0 spiro atoms. The van der Waals surface area contributed by atoms with Crippen molar-refractivity contribution < 1.29 is 9.53 Å². The molecule has 0 heterocycles. The largest absolute Gasteiger partial charge is 0.459 e. The Hall–Kier alpha value is -0.530. The first-order valence-corrected chi connectivity index (χ1v) is 6.19. The third-order valence-electron chi connectivity index (χ3n) is 4.05. The maximum atomic E-state index is 12.1. The fraction of sp³-hybridized carbons (Fsp3) is 0.923. The Morgan fingerprint density at radius 3 is 2.13 bits per heavy atom. The van der Waals surface area contributed by atoms with Gasteiger partial charge in [0.2, 0.25) is 0 Å². The van der Waals surface area contributed by atoms with Gasteiger partial charge in [-0.25, -0.2) is 0 Å². The number of carbonyl (C=O) groups is 1. The summed E-state index contributed by atoms with van der Waals surface area (Å²) in [6.45, 7) is 8.20. The van der Waals surface area contributed by atoms with Crippen molar-refractivity contribution in [1.82, 2.24) is 0 Å². The zero-order valence-electron chi connectivity index (χ0n) is 10.6. The van der Waals surface area contributed by atoms with Crippen molar-refractivity contribution in [3.05, 3.63) is 0 Å². The molecule has 0 N–H and O–H groups in total. The van der Waals surface area contributed by atoms with Crippen LogP contribution in [0.5, 0.6) is 0 Å². The van der Waals surface area contributed by atoms with E-state index in [1.165, 1.54) is 12.8 Å². The van der Waals surface area contributed by atoms with Crippen LogP contribution in [-0.2, 0) is 9.53 Å². The fourth-order valence-electron chi connectivity index (χ4n) is 2.11. The quantitative estimate of drug-likeness (QED) is 0.664. The maximum Gasteiger partial charge on any atom is 0.312 e. The van der Waals surface area contributed by atoms with Crippen molar-refractivity contribution >= 4 is 5.97 Å². The lowest BCUT2D eigenvalue weighted by molar-refractivity contribution is -0.169. The first kappa shape index (κ1) is 12.5. The van der Waals surface area contributed by atoms with Gasteiger partial charge in [-0.1, -0.05) is 13.8 Å². The first-order chi connectivity index (χ1) is 6.96. The maximum absolute atomic E-state index is 12.1. The molecular formula is C13H24O2. The van der Waals surface area contributed by atoms with Crippen molar-refractivity contribution in [2.45, 2.75) is 71.8 Å². The molecule has 0 saturated heterocycles. The van der Waals surface area contributed by atoms with E-state index >= 15 is 0 Å². The Morgan fingerprint density at radius 2 is 1.73 bits per heavy atom.